The molecule has 0 radical (unpaired) electrons. The molecule has 3 heterocycles. The number of hydrogen-bond acceptors (Lipinski definition) is 4. The van der Waals surface area contributed by atoms with Crippen molar-refractivity contribution in [1.82, 2.24) is 24.4 Å². The van der Waals surface area contributed by atoms with Gasteiger partial charge in [-0.1, -0.05) is 11.3 Å². The van der Waals surface area contributed by atoms with Crippen LogP contribution in [-0.4, -0.2) is 30.9 Å². The number of aromatic nitrogens is 5. The molecule has 0 saturated heterocycles. The van der Waals surface area contributed by atoms with Gasteiger partial charge in [0.1, 0.15) is 11.5 Å². The SMILES string of the molecule is c1cc(NCCn2ccnn2)n2ccnc2c1. The Kier molecular flexibility index (Phi) is 2.45. The molecule has 0 fully saturated rings. The monoisotopic (exact) mass is 228 g/mol. The fraction of sp³-hybridized carbons (Fsp3) is 0.182. The molecule has 0 atom stereocenters. The van der Waals surface area contributed by atoms with Gasteiger partial charge in [0.15, 0.2) is 0 Å². The van der Waals surface area contributed by atoms with Gasteiger partial charge in [-0.3, -0.25) is 9.08 Å². The van der Waals surface area contributed by atoms with Gasteiger partial charge in [0, 0.05) is 25.1 Å². The summed E-state index contributed by atoms with van der Waals surface area (Å²) in [5.41, 5.74) is 0.941. The van der Waals surface area contributed by atoms with E-state index in [4.69, 9.17) is 0 Å². The summed E-state index contributed by atoms with van der Waals surface area (Å²) >= 11 is 0. The van der Waals surface area contributed by atoms with Gasteiger partial charge in [0.2, 0.25) is 0 Å². The van der Waals surface area contributed by atoms with E-state index in [0.29, 0.717) is 0 Å². The summed E-state index contributed by atoms with van der Waals surface area (Å²) in [6.07, 6.45) is 7.25. The van der Waals surface area contributed by atoms with Crippen molar-refractivity contribution >= 4 is 11.5 Å². The van der Waals surface area contributed by atoms with Gasteiger partial charge in [-0.25, -0.2) is 4.98 Å². The highest BCUT2D eigenvalue weighted by molar-refractivity contribution is 5.49. The highest BCUT2D eigenvalue weighted by Gasteiger charge is 1.99. The van der Waals surface area contributed by atoms with E-state index >= 15 is 0 Å². The van der Waals surface area contributed by atoms with E-state index in [9.17, 15) is 0 Å². The van der Waals surface area contributed by atoms with Crippen LogP contribution >= 0.6 is 0 Å². The summed E-state index contributed by atoms with van der Waals surface area (Å²) in [4.78, 5) is 4.23. The second-order valence-electron chi connectivity index (χ2n) is 3.66. The maximum absolute atomic E-state index is 4.23. The lowest BCUT2D eigenvalue weighted by atomic mass is 10.4. The Balaban J connectivity index is 1.70. The van der Waals surface area contributed by atoms with Crippen LogP contribution in [0.5, 0.6) is 0 Å². The molecule has 0 bridgehead atoms. The van der Waals surface area contributed by atoms with Crippen molar-refractivity contribution in [2.24, 2.45) is 0 Å². The Bertz CT molecular complexity index is 597. The smallest absolute Gasteiger partial charge is 0.138 e. The molecule has 3 aromatic heterocycles. The second-order valence-corrected chi connectivity index (χ2v) is 3.66. The van der Waals surface area contributed by atoms with Crippen molar-refractivity contribution in [2.75, 3.05) is 11.9 Å². The summed E-state index contributed by atoms with van der Waals surface area (Å²) < 4.78 is 3.81. The molecule has 6 heteroatoms. The molecule has 17 heavy (non-hydrogen) atoms. The van der Waals surface area contributed by atoms with Crippen LogP contribution in [0.4, 0.5) is 5.82 Å². The first kappa shape index (κ1) is 9.83. The number of pyridine rings is 1. The number of nitrogens with one attached hydrogen (secondary N) is 1. The topological polar surface area (TPSA) is 60.0 Å². The summed E-state index contributed by atoms with van der Waals surface area (Å²) in [6.45, 7) is 1.58. The van der Waals surface area contributed by atoms with Gasteiger partial charge < -0.3 is 5.32 Å². The third-order valence-electron chi connectivity index (χ3n) is 2.55. The van der Waals surface area contributed by atoms with Crippen molar-refractivity contribution < 1.29 is 0 Å². The van der Waals surface area contributed by atoms with Crippen LogP contribution < -0.4 is 5.32 Å². The zero-order valence-electron chi connectivity index (χ0n) is 9.19. The number of fused-ring (bicyclic) bond motifs is 1. The lowest BCUT2D eigenvalue weighted by Crippen LogP contribution is -2.12. The molecule has 3 rings (SSSR count). The fourth-order valence-corrected chi connectivity index (χ4v) is 1.74. The third-order valence-corrected chi connectivity index (χ3v) is 2.55. The molecule has 6 nitrogen and oxygen atoms in total. The second kappa shape index (κ2) is 4.25. The Labute approximate surface area is 97.9 Å². The molecular weight excluding hydrogens is 216 g/mol. The van der Waals surface area contributed by atoms with Crippen molar-refractivity contribution in [3.05, 3.63) is 43.0 Å². The number of nitrogens with zero attached hydrogens (tertiary/aromatic N) is 5. The van der Waals surface area contributed by atoms with Gasteiger partial charge in [-0.05, 0) is 12.1 Å². The van der Waals surface area contributed by atoms with Crippen LogP contribution in [0.2, 0.25) is 0 Å². The maximum Gasteiger partial charge on any atom is 0.138 e. The number of rotatable bonds is 4. The zero-order chi connectivity index (χ0) is 11.5. The van der Waals surface area contributed by atoms with E-state index in [1.165, 1.54) is 0 Å². The molecule has 0 aliphatic rings. The molecule has 1 N–H and O–H groups in total. The number of hydrogen-bond donors (Lipinski definition) is 1. The van der Waals surface area contributed by atoms with Crippen LogP contribution in [0.15, 0.2) is 43.0 Å². The molecule has 0 amide bonds. The minimum Gasteiger partial charge on any atom is -0.369 e. The molecule has 0 saturated carbocycles. The Hall–Kier alpha value is -2.37. The molecular formula is C11H12N6. The summed E-state index contributed by atoms with van der Waals surface area (Å²) in [5, 5.41) is 11.0. The first-order valence-corrected chi connectivity index (χ1v) is 5.43. The fourth-order valence-electron chi connectivity index (χ4n) is 1.74. The Morgan fingerprint density at radius 3 is 3.06 bits per heavy atom. The molecule has 86 valence electrons. The summed E-state index contributed by atoms with van der Waals surface area (Å²) in [5.74, 6) is 1.03. The van der Waals surface area contributed by atoms with E-state index in [0.717, 1.165) is 24.6 Å². The van der Waals surface area contributed by atoms with Crippen LogP contribution in [-0.2, 0) is 6.54 Å². The Morgan fingerprint density at radius 1 is 1.18 bits per heavy atom. The maximum atomic E-state index is 4.23. The first-order valence-electron chi connectivity index (χ1n) is 5.43. The van der Waals surface area contributed by atoms with Gasteiger partial charge in [-0.2, -0.15) is 0 Å². The molecule has 0 aliphatic heterocycles. The molecule has 0 spiro atoms. The Morgan fingerprint density at radius 2 is 2.18 bits per heavy atom. The van der Waals surface area contributed by atoms with E-state index < -0.39 is 0 Å². The lowest BCUT2D eigenvalue weighted by molar-refractivity contribution is 0.608. The highest BCUT2D eigenvalue weighted by Crippen LogP contribution is 2.10. The van der Waals surface area contributed by atoms with Crippen LogP contribution in [0.1, 0.15) is 0 Å². The van der Waals surface area contributed by atoms with Crippen LogP contribution in [0.25, 0.3) is 5.65 Å². The largest absolute Gasteiger partial charge is 0.369 e. The van der Waals surface area contributed by atoms with Crippen molar-refractivity contribution in [3.8, 4) is 0 Å². The van der Waals surface area contributed by atoms with E-state index in [-0.39, 0.29) is 0 Å². The average molecular weight is 228 g/mol. The minimum absolute atomic E-state index is 0.783. The van der Waals surface area contributed by atoms with E-state index in [2.05, 4.69) is 20.6 Å². The average Bonchev–Trinajstić information content (AvgIpc) is 2.99. The van der Waals surface area contributed by atoms with Gasteiger partial charge in [0.25, 0.3) is 0 Å². The van der Waals surface area contributed by atoms with Crippen molar-refractivity contribution in [2.45, 2.75) is 6.54 Å². The van der Waals surface area contributed by atoms with Crippen molar-refractivity contribution in [3.63, 3.8) is 0 Å². The van der Waals surface area contributed by atoms with Gasteiger partial charge in [-0.15, -0.1) is 5.10 Å². The van der Waals surface area contributed by atoms with Gasteiger partial charge in [0.05, 0.1) is 12.7 Å². The summed E-state index contributed by atoms with van der Waals surface area (Å²) in [6, 6.07) is 5.98. The van der Waals surface area contributed by atoms with Crippen LogP contribution in [0, 0.1) is 0 Å². The highest BCUT2D eigenvalue weighted by atomic mass is 15.4. The summed E-state index contributed by atoms with van der Waals surface area (Å²) in [7, 11) is 0. The molecule has 0 aromatic carbocycles. The standard InChI is InChI=1S/C11H12N6/c1-2-10(17-9-5-13-11(17)3-1)12-4-7-16-8-6-14-15-16/h1-3,5-6,8-9,12H,4,7H2. The quantitative estimate of drug-likeness (QED) is 0.724. The van der Waals surface area contributed by atoms with Gasteiger partial charge >= 0.3 is 0 Å². The van der Waals surface area contributed by atoms with E-state index in [1.54, 1.807) is 17.1 Å². The number of imidazole rings is 1. The predicted molar refractivity (Wildman–Crippen MR) is 63.7 cm³/mol. The minimum atomic E-state index is 0.783. The van der Waals surface area contributed by atoms with E-state index in [1.807, 2.05) is 35.0 Å². The third kappa shape index (κ3) is 1.96. The zero-order valence-corrected chi connectivity index (χ0v) is 9.19. The number of anilines is 1. The van der Waals surface area contributed by atoms with Crippen LogP contribution in [0.3, 0.4) is 0 Å². The van der Waals surface area contributed by atoms with Crippen molar-refractivity contribution in [1.29, 1.82) is 0 Å². The first-order chi connectivity index (χ1) is 8.43. The molecule has 3 aromatic rings. The lowest BCUT2D eigenvalue weighted by Gasteiger charge is -2.08. The molecule has 0 aliphatic carbocycles. The normalized spacial score (nSPS) is 10.8. The predicted octanol–water partition coefficient (Wildman–Crippen LogP) is 1.04. The molecule has 0 unspecified atom stereocenters.